The van der Waals surface area contributed by atoms with E-state index in [4.69, 9.17) is 10.4 Å². The van der Waals surface area contributed by atoms with Gasteiger partial charge < -0.3 is 5.32 Å². The van der Waals surface area contributed by atoms with Crippen LogP contribution < -0.4 is 5.32 Å². The molecule has 1 heterocycles. The number of rotatable bonds is 5. The van der Waals surface area contributed by atoms with E-state index in [-0.39, 0.29) is 5.91 Å². The molecule has 0 radical (unpaired) electrons. The summed E-state index contributed by atoms with van der Waals surface area (Å²) in [7, 11) is 0. The quantitative estimate of drug-likeness (QED) is 0.686. The predicted molar refractivity (Wildman–Crippen MR) is 106 cm³/mol. The van der Waals surface area contributed by atoms with E-state index in [0.717, 1.165) is 46.9 Å². The van der Waals surface area contributed by atoms with Crippen LogP contribution in [0, 0.1) is 11.3 Å². The average molecular weight is 374 g/mol. The predicted octanol–water partition coefficient (Wildman–Crippen LogP) is 3.96. The average Bonchev–Trinajstić information content (AvgIpc) is 3.30. The van der Waals surface area contributed by atoms with E-state index >= 15 is 0 Å². The molecule has 4 rings (SSSR count). The Morgan fingerprint density at radius 2 is 1.93 bits per heavy atom. The number of thioether (sulfide) groups is 1. The van der Waals surface area contributed by atoms with E-state index in [0.29, 0.717) is 11.3 Å². The first kappa shape index (κ1) is 17.4. The maximum Gasteiger partial charge on any atom is 0.235 e. The molecule has 6 heteroatoms. The van der Waals surface area contributed by atoms with Gasteiger partial charge >= 0.3 is 0 Å². The van der Waals surface area contributed by atoms with E-state index < -0.39 is 0 Å². The van der Waals surface area contributed by atoms with Gasteiger partial charge in [-0.25, -0.2) is 4.68 Å². The second kappa shape index (κ2) is 7.68. The Balaban J connectivity index is 1.50. The Labute approximate surface area is 162 Å². The van der Waals surface area contributed by atoms with E-state index in [1.807, 2.05) is 47.1 Å². The minimum absolute atomic E-state index is 0.0591. The first-order valence-electron chi connectivity index (χ1n) is 8.83. The van der Waals surface area contributed by atoms with Gasteiger partial charge in [0.2, 0.25) is 5.91 Å². The van der Waals surface area contributed by atoms with Gasteiger partial charge in [0.25, 0.3) is 0 Å². The molecule has 0 saturated carbocycles. The monoisotopic (exact) mass is 374 g/mol. The number of nitrogens with zero attached hydrogens (tertiary/aromatic N) is 3. The molecule has 0 atom stereocenters. The molecule has 0 unspecified atom stereocenters. The van der Waals surface area contributed by atoms with Crippen molar-refractivity contribution in [1.29, 1.82) is 5.26 Å². The highest BCUT2D eigenvalue weighted by atomic mass is 32.2. The van der Waals surface area contributed by atoms with Crippen molar-refractivity contribution in [2.75, 3.05) is 11.1 Å². The summed E-state index contributed by atoms with van der Waals surface area (Å²) in [6.07, 6.45) is 2.98. The number of hydrogen-bond donors (Lipinski definition) is 1. The van der Waals surface area contributed by atoms with Crippen LogP contribution in [0.1, 0.15) is 23.2 Å². The summed E-state index contributed by atoms with van der Waals surface area (Å²) in [6, 6.07) is 19.2. The van der Waals surface area contributed by atoms with Gasteiger partial charge in [-0.15, -0.1) is 11.8 Å². The molecular formula is C21H18N4OS. The van der Waals surface area contributed by atoms with Gasteiger partial charge in [-0.2, -0.15) is 10.4 Å². The standard InChI is InChI=1S/C21H18N4OS/c22-13-15-9-11-17(12-10-15)27-14-20(26)23-21-18-7-4-8-19(18)24-25(21)16-5-2-1-3-6-16/h1-3,5-6,9-12H,4,7-8,14H2,(H,23,26). The number of anilines is 1. The van der Waals surface area contributed by atoms with Crippen molar-refractivity contribution < 1.29 is 4.79 Å². The first-order chi connectivity index (χ1) is 13.2. The lowest BCUT2D eigenvalue weighted by Gasteiger charge is -2.11. The van der Waals surface area contributed by atoms with Crippen LogP contribution in [0.2, 0.25) is 0 Å². The lowest BCUT2D eigenvalue weighted by molar-refractivity contribution is -0.113. The fraction of sp³-hybridized carbons (Fsp3) is 0.190. The van der Waals surface area contributed by atoms with E-state index in [2.05, 4.69) is 11.4 Å². The van der Waals surface area contributed by atoms with E-state index in [1.54, 1.807) is 12.1 Å². The molecule has 1 aliphatic carbocycles. The Morgan fingerprint density at radius 3 is 2.67 bits per heavy atom. The summed E-state index contributed by atoms with van der Waals surface area (Å²) in [5.74, 6) is 1.04. The SMILES string of the molecule is N#Cc1ccc(SCC(=O)Nc2c3c(nn2-c2ccccc2)CCC3)cc1. The molecule has 0 fully saturated rings. The molecule has 1 N–H and O–H groups in total. The third kappa shape index (κ3) is 3.74. The molecule has 5 nitrogen and oxygen atoms in total. The molecule has 1 amide bonds. The molecule has 27 heavy (non-hydrogen) atoms. The van der Waals surface area contributed by atoms with Crippen molar-refractivity contribution in [2.45, 2.75) is 24.2 Å². The lowest BCUT2D eigenvalue weighted by atomic mass is 10.2. The summed E-state index contributed by atoms with van der Waals surface area (Å²) in [6.45, 7) is 0. The Hall–Kier alpha value is -3.04. The van der Waals surface area contributed by atoms with Crippen LogP contribution in [0.25, 0.3) is 5.69 Å². The summed E-state index contributed by atoms with van der Waals surface area (Å²) >= 11 is 1.45. The maximum atomic E-state index is 12.6. The van der Waals surface area contributed by atoms with E-state index in [1.165, 1.54) is 11.8 Å². The number of fused-ring (bicyclic) bond motifs is 1. The lowest BCUT2D eigenvalue weighted by Crippen LogP contribution is -2.18. The molecule has 0 aliphatic heterocycles. The zero-order chi connectivity index (χ0) is 18.6. The first-order valence-corrected chi connectivity index (χ1v) is 9.82. The van der Waals surface area contributed by atoms with Crippen molar-refractivity contribution in [3.8, 4) is 11.8 Å². The number of carbonyl (C=O) groups is 1. The zero-order valence-electron chi connectivity index (χ0n) is 14.7. The number of carbonyl (C=O) groups excluding carboxylic acids is 1. The number of para-hydroxylation sites is 1. The highest BCUT2D eigenvalue weighted by Gasteiger charge is 2.24. The Bertz CT molecular complexity index is 1000. The van der Waals surface area contributed by atoms with Gasteiger partial charge in [-0.05, 0) is 55.7 Å². The molecular weight excluding hydrogens is 356 g/mol. The van der Waals surface area contributed by atoms with E-state index in [9.17, 15) is 4.79 Å². The van der Waals surface area contributed by atoms with Crippen molar-refractivity contribution >= 4 is 23.5 Å². The fourth-order valence-corrected chi connectivity index (χ4v) is 3.92. The van der Waals surface area contributed by atoms with Gasteiger partial charge in [0.1, 0.15) is 5.82 Å². The third-order valence-electron chi connectivity index (χ3n) is 4.52. The number of hydrogen-bond acceptors (Lipinski definition) is 4. The molecule has 134 valence electrons. The Morgan fingerprint density at radius 1 is 1.15 bits per heavy atom. The number of aromatic nitrogens is 2. The number of amides is 1. The van der Waals surface area contributed by atoms with Gasteiger partial charge in [0.15, 0.2) is 0 Å². The van der Waals surface area contributed by atoms with Crippen LogP contribution in [0.3, 0.4) is 0 Å². The number of aryl methyl sites for hydroxylation is 1. The minimum Gasteiger partial charge on any atom is -0.310 e. The number of benzene rings is 2. The minimum atomic E-state index is -0.0591. The third-order valence-corrected chi connectivity index (χ3v) is 5.53. The van der Waals surface area contributed by atoms with Gasteiger partial charge in [-0.1, -0.05) is 18.2 Å². The summed E-state index contributed by atoms with van der Waals surface area (Å²) in [5.41, 5.74) is 3.79. The summed E-state index contributed by atoms with van der Waals surface area (Å²) in [4.78, 5) is 13.5. The molecule has 0 saturated heterocycles. The molecule has 2 aromatic carbocycles. The number of nitrogens with one attached hydrogen (secondary N) is 1. The molecule has 1 aliphatic rings. The largest absolute Gasteiger partial charge is 0.310 e. The molecule has 1 aromatic heterocycles. The fourth-order valence-electron chi connectivity index (χ4n) is 3.22. The number of nitriles is 1. The summed E-state index contributed by atoms with van der Waals surface area (Å²) in [5, 5.41) is 16.6. The van der Waals surface area contributed by atoms with Crippen molar-refractivity contribution in [3.63, 3.8) is 0 Å². The van der Waals surface area contributed by atoms with Gasteiger partial charge in [0, 0.05) is 10.5 Å². The second-order valence-electron chi connectivity index (χ2n) is 6.35. The smallest absolute Gasteiger partial charge is 0.235 e. The zero-order valence-corrected chi connectivity index (χ0v) is 15.5. The molecule has 3 aromatic rings. The summed E-state index contributed by atoms with van der Waals surface area (Å²) < 4.78 is 1.84. The van der Waals surface area contributed by atoms with Crippen LogP contribution in [0.4, 0.5) is 5.82 Å². The van der Waals surface area contributed by atoms with Crippen LogP contribution >= 0.6 is 11.8 Å². The maximum absolute atomic E-state index is 12.6. The van der Waals surface area contributed by atoms with Crippen LogP contribution in [-0.4, -0.2) is 21.4 Å². The Kier molecular flexibility index (Phi) is 4.95. The topological polar surface area (TPSA) is 70.7 Å². The highest BCUT2D eigenvalue weighted by molar-refractivity contribution is 8.00. The van der Waals surface area contributed by atoms with Crippen LogP contribution in [0.15, 0.2) is 59.5 Å². The molecule has 0 spiro atoms. The second-order valence-corrected chi connectivity index (χ2v) is 7.40. The normalized spacial score (nSPS) is 12.4. The van der Waals surface area contributed by atoms with Crippen molar-refractivity contribution in [3.05, 3.63) is 71.4 Å². The highest BCUT2D eigenvalue weighted by Crippen LogP contribution is 2.31. The van der Waals surface area contributed by atoms with Crippen LogP contribution in [0.5, 0.6) is 0 Å². The van der Waals surface area contributed by atoms with Crippen molar-refractivity contribution in [2.24, 2.45) is 0 Å². The van der Waals surface area contributed by atoms with Gasteiger partial charge in [0.05, 0.1) is 28.8 Å². The molecule has 0 bridgehead atoms. The van der Waals surface area contributed by atoms with Gasteiger partial charge in [-0.3, -0.25) is 4.79 Å². The van der Waals surface area contributed by atoms with Crippen molar-refractivity contribution in [1.82, 2.24) is 9.78 Å². The van der Waals surface area contributed by atoms with Crippen LogP contribution in [-0.2, 0) is 17.6 Å².